The van der Waals surface area contributed by atoms with Gasteiger partial charge in [0, 0.05) is 38.1 Å². The number of hydrogen-bond acceptors (Lipinski definition) is 4. The predicted molar refractivity (Wildman–Crippen MR) is 102 cm³/mol. The van der Waals surface area contributed by atoms with Gasteiger partial charge < -0.3 is 25.0 Å². The smallest absolute Gasteiger partial charge is 0.317 e. The number of urea groups is 1. The molecule has 1 spiro atoms. The highest BCUT2D eigenvalue weighted by molar-refractivity contribution is 5.84. The van der Waals surface area contributed by atoms with Crippen molar-refractivity contribution in [1.82, 2.24) is 15.5 Å². The second-order valence-electron chi connectivity index (χ2n) is 8.65. The van der Waals surface area contributed by atoms with Crippen molar-refractivity contribution in [3.05, 3.63) is 0 Å². The number of rotatable bonds is 8. The first-order chi connectivity index (χ1) is 12.8. The number of carbonyl (C=O) groups is 2. The van der Waals surface area contributed by atoms with Gasteiger partial charge in [-0.05, 0) is 40.0 Å². The number of amides is 3. The van der Waals surface area contributed by atoms with Gasteiger partial charge in [0.1, 0.15) is 5.60 Å². The molecule has 27 heavy (non-hydrogen) atoms. The molecule has 3 aliphatic rings. The Balaban J connectivity index is 1.58. The number of carbonyl (C=O) groups excluding carboxylic acids is 2. The molecule has 0 unspecified atom stereocenters. The van der Waals surface area contributed by atoms with Crippen molar-refractivity contribution in [2.24, 2.45) is 11.8 Å². The van der Waals surface area contributed by atoms with Crippen LogP contribution in [0.25, 0.3) is 0 Å². The Morgan fingerprint density at radius 2 is 2.07 bits per heavy atom. The zero-order chi connectivity index (χ0) is 19.7. The third kappa shape index (κ3) is 3.94. The van der Waals surface area contributed by atoms with Gasteiger partial charge >= 0.3 is 6.03 Å². The van der Waals surface area contributed by atoms with E-state index in [-0.39, 0.29) is 29.6 Å². The Bertz CT molecular complexity index is 567. The van der Waals surface area contributed by atoms with Crippen LogP contribution in [0.15, 0.2) is 0 Å². The summed E-state index contributed by atoms with van der Waals surface area (Å²) in [5.41, 5.74) is -1.04. The lowest BCUT2D eigenvalue weighted by molar-refractivity contribution is -0.142. The van der Waals surface area contributed by atoms with Gasteiger partial charge in [-0.2, -0.15) is 0 Å². The van der Waals surface area contributed by atoms with E-state index in [0.29, 0.717) is 32.2 Å². The number of unbranched alkanes of at least 4 members (excludes halogenated alkanes) is 1. The van der Waals surface area contributed by atoms with Crippen LogP contribution in [0.3, 0.4) is 0 Å². The van der Waals surface area contributed by atoms with Crippen LogP contribution >= 0.6 is 0 Å². The quantitative estimate of drug-likeness (QED) is 0.630. The van der Waals surface area contributed by atoms with Crippen LogP contribution < -0.4 is 10.6 Å². The van der Waals surface area contributed by atoms with E-state index in [1.165, 1.54) is 0 Å². The van der Waals surface area contributed by atoms with Crippen LogP contribution in [0.1, 0.15) is 53.4 Å². The summed E-state index contributed by atoms with van der Waals surface area (Å²) in [5, 5.41) is 6.08. The first-order valence-electron chi connectivity index (χ1n) is 10.5. The molecule has 3 amide bonds. The monoisotopic (exact) mass is 381 g/mol. The lowest BCUT2D eigenvalue weighted by Crippen LogP contribution is -2.48. The fourth-order valence-corrected chi connectivity index (χ4v) is 4.95. The highest BCUT2D eigenvalue weighted by Gasteiger charge is 2.63. The van der Waals surface area contributed by atoms with Gasteiger partial charge in [0.05, 0.1) is 18.2 Å². The maximum absolute atomic E-state index is 12.5. The summed E-state index contributed by atoms with van der Waals surface area (Å²) in [6, 6.07) is 0.0135. The van der Waals surface area contributed by atoms with Gasteiger partial charge in [-0.1, -0.05) is 13.3 Å². The van der Waals surface area contributed by atoms with Crippen LogP contribution in [0.5, 0.6) is 0 Å². The highest BCUT2D eigenvalue weighted by atomic mass is 16.5. The minimum Gasteiger partial charge on any atom is -0.369 e. The molecule has 0 aliphatic carbocycles. The van der Waals surface area contributed by atoms with Crippen LogP contribution in [-0.2, 0) is 14.3 Å². The Kier molecular flexibility index (Phi) is 6.01. The molecule has 0 saturated carbocycles. The number of likely N-dealkylation sites (tertiary alicyclic amines) is 1. The second kappa shape index (κ2) is 7.95. The van der Waals surface area contributed by atoms with Gasteiger partial charge in [-0.15, -0.1) is 0 Å². The van der Waals surface area contributed by atoms with Gasteiger partial charge in [-0.25, -0.2) is 4.79 Å². The molecule has 0 aromatic heterocycles. The molecule has 0 aromatic rings. The lowest BCUT2D eigenvalue weighted by Gasteiger charge is -2.30. The zero-order valence-corrected chi connectivity index (χ0v) is 17.2. The molecule has 3 aliphatic heterocycles. The Morgan fingerprint density at radius 3 is 2.78 bits per heavy atom. The molecule has 3 heterocycles. The molecule has 7 heteroatoms. The third-order valence-electron chi connectivity index (χ3n) is 6.43. The average Bonchev–Trinajstić information content (AvgIpc) is 3.28. The van der Waals surface area contributed by atoms with Crippen LogP contribution in [0.4, 0.5) is 4.79 Å². The minimum absolute atomic E-state index is 0.0135. The first-order valence-corrected chi connectivity index (χ1v) is 10.5. The molecule has 0 aromatic carbocycles. The number of hydrogen-bond donors (Lipinski definition) is 2. The van der Waals surface area contributed by atoms with E-state index in [0.717, 1.165) is 32.2 Å². The maximum atomic E-state index is 12.5. The topological polar surface area (TPSA) is 79.9 Å². The van der Waals surface area contributed by atoms with Gasteiger partial charge in [0.15, 0.2) is 0 Å². The standard InChI is InChI=1S/C20H35N3O4/c1-5-7-10-21-18(25)23-12-15-14(16-8-9-20(15,13-23)27-16)11-22-17(24)19(3,4)26-6-2/h14-16H,5-13H2,1-4H3,(H,21,25)(H,22,24)/t14-,15+,16+,20+/m0/s1. The predicted octanol–water partition coefficient (Wildman–Crippen LogP) is 1.91. The van der Waals surface area contributed by atoms with E-state index in [1.54, 1.807) is 13.8 Å². The Morgan fingerprint density at radius 1 is 1.30 bits per heavy atom. The second-order valence-corrected chi connectivity index (χ2v) is 8.65. The number of nitrogens with zero attached hydrogens (tertiary/aromatic N) is 1. The van der Waals surface area contributed by atoms with Crippen LogP contribution in [-0.4, -0.2) is 66.9 Å². The summed E-state index contributed by atoms with van der Waals surface area (Å²) >= 11 is 0. The lowest BCUT2D eigenvalue weighted by atomic mass is 9.73. The molecule has 0 radical (unpaired) electrons. The summed E-state index contributed by atoms with van der Waals surface area (Å²) in [7, 11) is 0. The molecule has 4 atom stereocenters. The molecular formula is C20H35N3O4. The highest BCUT2D eigenvalue weighted by Crippen LogP contribution is 2.54. The number of fused-ring (bicyclic) bond motifs is 1. The molecule has 3 saturated heterocycles. The van der Waals surface area contributed by atoms with E-state index in [2.05, 4.69) is 17.6 Å². The molecule has 3 rings (SSSR count). The number of ether oxygens (including phenoxy) is 2. The van der Waals surface area contributed by atoms with Crippen LogP contribution in [0, 0.1) is 11.8 Å². The summed E-state index contributed by atoms with van der Waals surface area (Å²) in [5.74, 6) is 0.464. The van der Waals surface area contributed by atoms with Gasteiger partial charge in [0.2, 0.25) is 0 Å². The van der Waals surface area contributed by atoms with Crippen molar-refractivity contribution in [1.29, 1.82) is 0 Å². The average molecular weight is 382 g/mol. The van der Waals surface area contributed by atoms with Crippen molar-refractivity contribution in [2.45, 2.75) is 70.7 Å². The van der Waals surface area contributed by atoms with E-state index in [1.807, 2.05) is 11.8 Å². The summed E-state index contributed by atoms with van der Waals surface area (Å²) < 4.78 is 11.9. The van der Waals surface area contributed by atoms with Crippen molar-refractivity contribution in [2.75, 3.05) is 32.8 Å². The van der Waals surface area contributed by atoms with Gasteiger partial charge in [-0.3, -0.25) is 4.79 Å². The normalized spacial score (nSPS) is 31.9. The molecule has 154 valence electrons. The molecule has 7 nitrogen and oxygen atoms in total. The van der Waals surface area contributed by atoms with E-state index < -0.39 is 5.60 Å². The molecule has 2 N–H and O–H groups in total. The van der Waals surface area contributed by atoms with E-state index in [4.69, 9.17) is 9.47 Å². The van der Waals surface area contributed by atoms with Crippen LogP contribution in [0.2, 0.25) is 0 Å². The SMILES string of the molecule is CCCCNC(=O)N1C[C@@H]2[C@H](CNC(=O)C(C)(C)OCC)[C@H]3CC[C@]2(C1)O3. The summed E-state index contributed by atoms with van der Waals surface area (Å²) in [6.45, 7) is 10.8. The number of nitrogens with one attached hydrogen (secondary N) is 2. The van der Waals surface area contributed by atoms with E-state index in [9.17, 15) is 9.59 Å². The summed E-state index contributed by atoms with van der Waals surface area (Å²) in [6.07, 6.45) is 4.28. The summed E-state index contributed by atoms with van der Waals surface area (Å²) in [4.78, 5) is 26.9. The first kappa shape index (κ1) is 20.4. The van der Waals surface area contributed by atoms with Crippen molar-refractivity contribution >= 4 is 11.9 Å². The molecule has 2 bridgehead atoms. The maximum Gasteiger partial charge on any atom is 0.317 e. The molecular weight excluding hydrogens is 346 g/mol. The molecule has 3 fully saturated rings. The fraction of sp³-hybridized carbons (Fsp3) is 0.900. The zero-order valence-electron chi connectivity index (χ0n) is 17.2. The third-order valence-corrected chi connectivity index (χ3v) is 6.43. The van der Waals surface area contributed by atoms with Crippen molar-refractivity contribution < 1.29 is 19.1 Å². The minimum atomic E-state index is -0.828. The van der Waals surface area contributed by atoms with Gasteiger partial charge in [0.25, 0.3) is 5.91 Å². The van der Waals surface area contributed by atoms with Crippen molar-refractivity contribution in [3.8, 4) is 0 Å². The Hall–Kier alpha value is -1.34. The largest absolute Gasteiger partial charge is 0.369 e. The fourth-order valence-electron chi connectivity index (χ4n) is 4.95. The van der Waals surface area contributed by atoms with Crippen molar-refractivity contribution in [3.63, 3.8) is 0 Å². The Labute approximate surface area is 162 Å². The van der Waals surface area contributed by atoms with E-state index >= 15 is 0 Å².